The summed E-state index contributed by atoms with van der Waals surface area (Å²) >= 11 is 5.00. The zero-order valence-electron chi connectivity index (χ0n) is 5.49. The monoisotopic (exact) mass is 330 g/mol. The van der Waals surface area contributed by atoms with Crippen molar-refractivity contribution < 1.29 is 0 Å². The van der Waals surface area contributed by atoms with Crippen LogP contribution in [0.4, 0.5) is 0 Å². The minimum absolute atomic E-state index is 0. The molecule has 0 rings (SSSR count). The van der Waals surface area contributed by atoms with Crippen molar-refractivity contribution in [3.05, 3.63) is 0 Å². The van der Waals surface area contributed by atoms with Crippen molar-refractivity contribution in [1.82, 2.24) is 0 Å². The molecule has 0 fully saturated rings. The molecule has 0 amide bonds. The molecule has 0 aromatic rings. The summed E-state index contributed by atoms with van der Waals surface area (Å²) in [4.78, 5) is 0. The predicted molar refractivity (Wildman–Crippen MR) is 63.0 cm³/mol. The number of halogens is 4. The standard InChI is InChI=1S/C2H5.CH3.2Al.2BrH.2ClH/c1-2;;;;;;;/h1H2,2H3;1H3;;;4*1H. The second-order valence-electron chi connectivity index (χ2n) is 0.408. The first-order chi connectivity index (χ1) is 2.41. The van der Waals surface area contributed by atoms with Gasteiger partial charge in [0.2, 0.25) is 0 Å². The van der Waals surface area contributed by atoms with E-state index in [0.717, 1.165) is 0 Å². The smallest absolute Gasteiger partial charge is 0.117 e. The van der Waals surface area contributed by atoms with Gasteiger partial charge in [-0.1, -0.05) is 6.92 Å². The second-order valence-corrected chi connectivity index (χ2v) is 1.22. The van der Waals surface area contributed by atoms with E-state index in [0.29, 0.717) is 0 Å². The average molecular weight is 333 g/mol. The lowest BCUT2D eigenvalue weighted by Gasteiger charge is -1.47. The minimum Gasteiger partial charge on any atom is -0.147 e. The van der Waals surface area contributed by atoms with Crippen LogP contribution in [0.1, 0.15) is 6.92 Å². The normalized spacial score (nSPS) is 2.44. The summed E-state index contributed by atoms with van der Waals surface area (Å²) < 4.78 is 0. The van der Waals surface area contributed by atoms with Crippen LogP contribution in [-0.2, 0) is 0 Å². The highest BCUT2D eigenvalue weighted by Crippen LogP contribution is 1.49. The molecule has 0 atom stereocenters. The van der Waals surface area contributed by atoms with E-state index in [2.05, 4.69) is 39.5 Å². The largest absolute Gasteiger partial charge is 0.147 e. The summed E-state index contributed by atoms with van der Waals surface area (Å²) in [5.74, 6) is 1.92. The molecule has 0 spiro atoms. The van der Waals surface area contributed by atoms with E-state index in [1.54, 1.807) is 0 Å². The van der Waals surface area contributed by atoms with Gasteiger partial charge in [0, 0.05) is 0 Å². The molecule has 0 bridgehead atoms. The molecular weight excluding hydrogens is 321 g/mol. The molecule has 0 saturated heterocycles. The molecule has 58 valence electrons. The molecule has 0 nitrogen and oxygen atoms in total. The van der Waals surface area contributed by atoms with Gasteiger partial charge in [-0.05, 0) is 0 Å². The first kappa shape index (κ1) is 41.5. The van der Waals surface area contributed by atoms with E-state index < -0.39 is 0 Å². The molecule has 0 aliphatic heterocycles. The maximum Gasteiger partial charge on any atom is 0.117 e. The van der Waals surface area contributed by atoms with Gasteiger partial charge in [0.25, 0.3) is 0 Å². The van der Waals surface area contributed by atoms with Crippen molar-refractivity contribution in [3.8, 4) is 0 Å². The fraction of sp³-hybridized carbons (Fsp3) is 1.00. The van der Waals surface area contributed by atoms with Gasteiger partial charge in [0.1, 0.15) is 32.6 Å². The first-order valence-corrected chi connectivity index (χ1v) is 3.66. The Morgan fingerprint density at radius 3 is 1.00 bits per heavy atom. The van der Waals surface area contributed by atoms with Gasteiger partial charge in [0.05, 0.1) is 0 Å². The molecule has 0 unspecified atom stereocenters. The first-order valence-electron chi connectivity index (χ1n) is 1.69. The van der Waals surface area contributed by atoms with E-state index in [-0.39, 0.29) is 58.8 Å². The Labute approximate surface area is 108 Å². The van der Waals surface area contributed by atoms with Crippen molar-refractivity contribution in [2.45, 2.75) is 18.0 Å². The van der Waals surface area contributed by atoms with Crippen molar-refractivity contribution in [1.29, 1.82) is 0 Å². The van der Waals surface area contributed by atoms with Crippen LogP contribution < -0.4 is 0 Å². The Morgan fingerprint density at radius 2 is 1.00 bits per heavy atom. The number of rotatable bonds is 0. The summed E-state index contributed by atoms with van der Waals surface area (Å²) in [5.41, 5.74) is 0. The Bertz CT molecular complexity index is 17.8. The third-order valence-corrected chi connectivity index (χ3v) is 0. The third kappa shape index (κ3) is 116. The highest BCUT2D eigenvalue weighted by molar-refractivity contribution is 8.93. The van der Waals surface area contributed by atoms with E-state index in [1.165, 1.54) is 5.28 Å². The van der Waals surface area contributed by atoms with Crippen LogP contribution in [-0.4, -0.2) is 32.6 Å². The summed E-state index contributed by atoms with van der Waals surface area (Å²) in [6.45, 7) is 2.09. The third-order valence-electron chi connectivity index (χ3n) is 0. The van der Waals surface area contributed by atoms with Crippen LogP contribution in [0.15, 0.2) is 0 Å². The SMILES string of the molecule is Br.Br.C[CH2][Al].Cl.Cl.[CH3][Al]. The zero-order chi connectivity index (χ0) is 4.71. The molecule has 0 aliphatic rings. The van der Waals surface area contributed by atoms with Crippen LogP contribution >= 0.6 is 58.8 Å². The maximum absolute atomic E-state index is 2.58. The molecule has 6 heteroatoms. The molecule has 0 aliphatic carbocycles. The zero-order valence-corrected chi connectivity index (χ0v) is 12.9. The highest BCUT2D eigenvalue weighted by Gasteiger charge is 1.37. The number of hydrogen-bond donors (Lipinski definition) is 0. The lowest BCUT2D eigenvalue weighted by molar-refractivity contribution is 1.48. The minimum atomic E-state index is 0. The Hall–Kier alpha value is 2.60. The fourth-order valence-corrected chi connectivity index (χ4v) is 0. The van der Waals surface area contributed by atoms with Gasteiger partial charge in [-0.2, -0.15) is 0 Å². The highest BCUT2D eigenvalue weighted by atomic mass is 79.9. The van der Waals surface area contributed by atoms with E-state index >= 15 is 0 Å². The summed E-state index contributed by atoms with van der Waals surface area (Å²) in [6, 6.07) is 0. The average Bonchev–Trinajstić information content (AvgIpc) is 1.46. The van der Waals surface area contributed by atoms with Crippen LogP contribution in [0.25, 0.3) is 0 Å². The lowest BCUT2D eigenvalue weighted by Crippen LogP contribution is -1.41. The molecule has 0 N–H and O–H groups in total. The van der Waals surface area contributed by atoms with Gasteiger partial charge in [0.15, 0.2) is 0 Å². The predicted octanol–water partition coefficient (Wildman–Crippen LogP) is 2.80. The van der Waals surface area contributed by atoms with Gasteiger partial charge in [-0.3, -0.25) is 0 Å². The van der Waals surface area contributed by atoms with Crippen LogP contribution in [0.5, 0.6) is 0 Å². The van der Waals surface area contributed by atoms with Crippen molar-refractivity contribution in [2.24, 2.45) is 0 Å². The van der Waals surface area contributed by atoms with E-state index in [4.69, 9.17) is 0 Å². The topological polar surface area (TPSA) is 0 Å². The Balaban J connectivity index is -0.00000000357. The van der Waals surface area contributed by atoms with Crippen molar-refractivity contribution in [2.75, 3.05) is 0 Å². The van der Waals surface area contributed by atoms with Gasteiger partial charge in [-0.15, -0.1) is 69.8 Å². The molecule has 0 saturated carbocycles. The molecule has 0 aromatic heterocycles. The van der Waals surface area contributed by atoms with Crippen LogP contribution in [0, 0.1) is 0 Å². The second kappa shape index (κ2) is 75.3. The molecule has 0 heterocycles. The van der Waals surface area contributed by atoms with Crippen molar-refractivity contribution >= 4 is 91.4 Å². The lowest BCUT2D eigenvalue weighted by atomic mass is 11.0. The fourth-order valence-electron chi connectivity index (χ4n) is 0. The van der Waals surface area contributed by atoms with Gasteiger partial charge < -0.3 is 0 Å². The van der Waals surface area contributed by atoms with E-state index in [1.807, 2.05) is 5.79 Å². The molecular formula is C3H12Al2Br2Cl2. The molecule has 4 radical (unpaired) electrons. The Kier molecular flexibility index (Phi) is 348. The van der Waals surface area contributed by atoms with Gasteiger partial charge in [-0.25, -0.2) is 0 Å². The summed E-state index contributed by atoms with van der Waals surface area (Å²) in [7, 11) is 0. The number of hydrogen-bond acceptors (Lipinski definition) is 0. The van der Waals surface area contributed by atoms with Crippen molar-refractivity contribution in [3.63, 3.8) is 0 Å². The molecule has 0 aromatic carbocycles. The van der Waals surface area contributed by atoms with Gasteiger partial charge >= 0.3 is 0 Å². The Morgan fingerprint density at radius 1 is 1.00 bits per heavy atom. The molecule has 9 heavy (non-hydrogen) atoms. The summed E-state index contributed by atoms with van der Waals surface area (Å²) in [6.07, 6.45) is 0. The van der Waals surface area contributed by atoms with E-state index in [9.17, 15) is 0 Å². The quantitative estimate of drug-likeness (QED) is 0.598. The summed E-state index contributed by atoms with van der Waals surface area (Å²) in [5, 5.41) is 1.17. The van der Waals surface area contributed by atoms with Crippen LogP contribution in [0.3, 0.4) is 0 Å². The maximum atomic E-state index is 2.58. The van der Waals surface area contributed by atoms with Crippen LogP contribution in [0.2, 0.25) is 11.1 Å².